The van der Waals surface area contributed by atoms with Gasteiger partial charge in [-0.25, -0.2) is 9.78 Å². The van der Waals surface area contributed by atoms with Crippen molar-refractivity contribution < 1.29 is 9.53 Å². The third-order valence-electron chi connectivity index (χ3n) is 3.05. The van der Waals surface area contributed by atoms with Gasteiger partial charge in [-0.3, -0.25) is 4.40 Å². The van der Waals surface area contributed by atoms with E-state index in [-0.39, 0.29) is 5.69 Å². The van der Waals surface area contributed by atoms with Crippen molar-refractivity contribution in [2.75, 3.05) is 6.61 Å². The van der Waals surface area contributed by atoms with Crippen molar-refractivity contribution in [3.05, 3.63) is 47.8 Å². The molecule has 0 bridgehead atoms. The number of nitriles is 1. The molecule has 2 heterocycles. The molecule has 98 valence electrons. The quantitative estimate of drug-likeness (QED) is 0.668. The molecule has 5 heteroatoms. The van der Waals surface area contributed by atoms with Crippen LogP contribution in [0, 0.1) is 11.3 Å². The zero-order valence-electron chi connectivity index (χ0n) is 10.8. The minimum atomic E-state index is -0.482. The smallest absolute Gasteiger partial charge is 0.358 e. The number of nitrogens with zero attached hydrogens (tertiary/aromatic N) is 3. The molecule has 0 amide bonds. The average Bonchev–Trinajstić information content (AvgIpc) is 2.92. The molecule has 0 fully saturated rings. The molecule has 0 aliphatic rings. The SMILES string of the molecule is CCOC(=O)c1cn2c(n1)c(C#N)cc1ccccc12. The van der Waals surface area contributed by atoms with Crippen LogP contribution in [0.1, 0.15) is 23.0 Å². The first-order chi connectivity index (χ1) is 9.74. The maximum Gasteiger partial charge on any atom is 0.358 e. The van der Waals surface area contributed by atoms with Crippen molar-refractivity contribution in [3.8, 4) is 6.07 Å². The fourth-order valence-corrected chi connectivity index (χ4v) is 2.19. The van der Waals surface area contributed by atoms with Gasteiger partial charge in [-0.1, -0.05) is 18.2 Å². The number of hydrogen-bond donors (Lipinski definition) is 0. The Hall–Kier alpha value is -2.87. The van der Waals surface area contributed by atoms with E-state index in [4.69, 9.17) is 4.74 Å². The van der Waals surface area contributed by atoms with Gasteiger partial charge in [0.2, 0.25) is 0 Å². The lowest BCUT2D eigenvalue weighted by molar-refractivity contribution is 0.0520. The Bertz CT molecular complexity index is 859. The third kappa shape index (κ3) is 1.79. The second-order valence-electron chi connectivity index (χ2n) is 4.27. The van der Waals surface area contributed by atoms with Crippen LogP contribution < -0.4 is 0 Å². The number of pyridine rings is 1. The van der Waals surface area contributed by atoms with Gasteiger partial charge in [-0.05, 0) is 24.4 Å². The molecule has 0 saturated heterocycles. The maximum absolute atomic E-state index is 11.8. The maximum atomic E-state index is 11.8. The Morgan fingerprint density at radius 2 is 2.25 bits per heavy atom. The predicted molar refractivity (Wildman–Crippen MR) is 73.4 cm³/mol. The molecule has 1 aromatic carbocycles. The lowest BCUT2D eigenvalue weighted by Gasteiger charge is -2.02. The van der Waals surface area contributed by atoms with Crippen LogP contribution in [0.3, 0.4) is 0 Å². The van der Waals surface area contributed by atoms with E-state index in [0.717, 1.165) is 10.9 Å². The van der Waals surface area contributed by atoms with Gasteiger partial charge in [-0.2, -0.15) is 5.26 Å². The van der Waals surface area contributed by atoms with Crippen LogP contribution in [-0.2, 0) is 4.74 Å². The molecular weight excluding hydrogens is 254 g/mol. The summed E-state index contributed by atoms with van der Waals surface area (Å²) in [5.41, 5.74) is 2.00. The largest absolute Gasteiger partial charge is 0.461 e. The number of esters is 1. The van der Waals surface area contributed by atoms with Gasteiger partial charge in [0.25, 0.3) is 0 Å². The number of fused-ring (bicyclic) bond motifs is 3. The number of ether oxygens (including phenoxy) is 1. The van der Waals surface area contributed by atoms with Crippen LogP contribution in [0.4, 0.5) is 0 Å². The average molecular weight is 265 g/mol. The van der Waals surface area contributed by atoms with E-state index in [2.05, 4.69) is 11.1 Å². The number of aromatic nitrogens is 2. The summed E-state index contributed by atoms with van der Waals surface area (Å²) in [7, 11) is 0. The van der Waals surface area contributed by atoms with Crippen molar-refractivity contribution in [2.45, 2.75) is 6.92 Å². The van der Waals surface area contributed by atoms with Gasteiger partial charge in [0.05, 0.1) is 17.7 Å². The monoisotopic (exact) mass is 265 g/mol. The lowest BCUT2D eigenvalue weighted by Crippen LogP contribution is -2.04. The van der Waals surface area contributed by atoms with Crippen molar-refractivity contribution in [2.24, 2.45) is 0 Å². The molecule has 5 nitrogen and oxygen atoms in total. The number of para-hydroxylation sites is 1. The summed E-state index contributed by atoms with van der Waals surface area (Å²) < 4.78 is 6.70. The zero-order chi connectivity index (χ0) is 14.1. The van der Waals surface area contributed by atoms with E-state index in [1.54, 1.807) is 23.6 Å². The molecule has 0 unspecified atom stereocenters. The summed E-state index contributed by atoms with van der Waals surface area (Å²) >= 11 is 0. The van der Waals surface area contributed by atoms with Gasteiger partial charge in [0.15, 0.2) is 11.3 Å². The van der Waals surface area contributed by atoms with E-state index < -0.39 is 5.97 Å². The van der Waals surface area contributed by atoms with E-state index in [1.165, 1.54) is 0 Å². The molecule has 0 radical (unpaired) electrons. The van der Waals surface area contributed by atoms with Gasteiger partial charge in [0.1, 0.15) is 6.07 Å². The highest BCUT2D eigenvalue weighted by molar-refractivity contribution is 5.91. The molecular formula is C15H11N3O2. The zero-order valence-corrected chi connectivity index (χ0v) is 10.8. The Labute approximate surface area is 115 Å². The molecule has 3 rings (SSSR count). The minimum Gasteiger partial charge on any atom is -0.461 e. The summed E-state index contributed by atoms with van der Waals surface area (Å²) in [6.45, 7) is 2.03. The summed E-state index contributed by atoms with van der Waals surface area (Å²) in [6.07, 6.45) is 1.61. The second-order valence-corrected chi connectivity index (χ2v) is 4.27. The number of carbonyl (C=O) groups excluding carboxylic acids is 1. The van der Waals surface area contributed by atoms with E-state index in [1.807, 2.05) is 24.3 Å². The molecule has 0 N–H and O–H groups in total. The first-order valence-electron chi connectivity index (χ1n) is 6.22. The van der Waals surface area contributed by atoms with Gasteiger partial charge < -0.3 is 4.74 Å². The predicted octanol–water partition coefficient (Wildman–Crippen LogP) is 2.54. The van der Waals surface area contributed by atoms with Crippen molar-refractivity contribution in [3.63, 3.8) is 0 Å². The van der Waals surface area contributed by atoms with Crippen LogP contribution in [0.2, 0.25) is 0 Å². The number of carbonyl (C=O) groups is 1. The standard InChI is InChI=1S/C15H11N3O2/c1-2-20-15(19)12-9-18-13-6-4-3-5-10(13)7-11(8-16)14(18)17-12/h3-7,9H,2H2,1H3. The van der Waals surface area contributed by atoms with Crippen molar-refractivity contribution in [1.29, 1.82) is 5.26 Å². The first kappa shape index (κ1) is 12.2. The van der Waals surface area contributed by atoms with Crippen molar-refractivity contribution in [1.82, 2.24) is 9.38 Å². The molecule has 0 atom stereocenters. The fourth-order valence-electron chi connectivity index (χ4n) is 2.19. The molecule has 0 aliphatic heterocycles. The van der Waals surface area contributed by atoms with Crippen molar-refractivity contribution >= 4 is 22.5 Å². The number of benzene rings is 1. The molecule has 3 aromatic rings. The Morgan fingerprint density at radius 3 is 3.00 bits per heavy atom. The van der Waals surface area contributed by atoms with Crippen LogP contribution in [0.5, 0.6) is 0 Å². The first-order valence-corrected chi connectivity index (χ1v) is 6.22. The molecule has 20 heavy (non-hydrogen) atoms. The Morgan fingerprint density at radius 1 is 1.45 bits per heavy atom. The molecule has 2 aromatic heterocycles. The summed E-state index contributed by atoms with van der Waals surface area (Å²) in [6, 6.07) is 11.5. The van der Waals surface area contributed by atoms with Gasteiger partial charge in [0, 0.05) is 6.20 Å². The van der Waals surface area contributed by atoms with Crippen LogP contribution in [0.25, 0.3) is 16.6 Å². The van der Waals surface area contributed by atoms with Crippen LogP contribution >= 0.6 is 0 Å². The second kappa shape index (κ2) is 4.67. The summed E-state index contributed by atoms with van der Waals surface area (Å²) in [5.74, 6) is -0.482. The van der Waals surface area contributed by atoms with E-state index in [9.17, 15) is 10.1 Å². The summed E-state index contributed by atoms with van der Waals surface area (Å²) in [5, 5.41) is 10.1. The lowest BCUT2D eigenvalue weighted by atomic mass is 10.1. The third-order valence-corrected chi connectivity index (χ3v) is 3.05. The Balaban J connectivity index is 2.34. The fraction of sp³-hybridized carbons (Fsp3) is 0.133. The molecule has 0 aliphatic carbocycles. The number of rotatable bonds is 2. The molecule has 0 spiro atoms. The Kier molecular flexibility index (Phi) is 2.84. The van der Waals surface area contributed by atoms with Gasteiger partial charge >= 0.3 is 5.97 Å². The topological polar surface area (TPSA) is 67.4 Å². The highest BCUT2D eigenvalue weighted by Crippen LogP contribution is 2.21. The normalized spacial score (nSPS) is 10.6. The highest BCUT2D eigenvalue weighted by atomic mass is 16.5. The van der Waals surface area contributed by atoms with Gasteiger partial charge in [-0.15, -0.1) is 0 Å². The van der Waals surface area contributed by atoms with Crippen LogP contribution in [0.15, 0.2) is 36.5 Å². The van der Waals surface area contributed by atoms with E-state index >= 15 is 0 Å². The summed E-state index contributed by atoms with van der Waals surface area (Å²) in [4.78, 5) is 16.0. The number of hydrogen-bond acceptors (Lipinski definition) is 4. The minimum absolute atomic E-state index is 0.208. The molecule has 0 saturated carbocycles. The highest BCUT2D eigenvalue weighted by Gasteiger charge is 2.15. The number of imidazole rings is 1. The van der Waals surface area contributed by atoms with Crippen LogP contribution in [-0.4, -0.2) is 22.0 Å². The van der Waals surface area contributed by atoms with E-state index in [0.29, 0.717) is 17.8 Å².